The Morgan fingerprint density at radius 1 is 1.40 bits per heavy atom. The van der Waals surface area contributed by atoms with Gasteiger partial charge < -0.3 is 15.2 Å². The number of carbonyl (C=O) groups is 2. The first-order valence-electron chi connectivity index (χ1n) is 7.05. The maximum atomic E-state index is 11.9. The van der Waals surface area contributed by atoms with Crippen molar-refractivity contribution in [2.75, 3.05) is 18.1 Å². The molecule has 0 aromatic carbocycles. The van der Waals surface area contributed by atoms with Crippen LogP contribution in [0, 0.1) is 5.41 Å². The average Bonchev–Trinajstić information content (AvgIpc) is 2.37. The van der Waals surface area contributed by atoms with E-state index in [2.05, 4.69) is 5.32 Å². The minimum Gasteiger partial charge on any atom is -0.479 e. The van der Waals surface area contributed by atoms with Crippen molar-refractivity contribution < 1.29 is 19.4 Å². The van der Waals surface area contributed by atoms with E-state index in [0.717, 1.165) is 12.2 Å². The number of hydrogen-bond donors (Lipinski definition) is 2. The molecule has 0 saturated heterocycles. The summed E-state index contributed by atoms with van der Waals surface area (Å²) in [5, 5.41) is 12.3. The molecule has 0 spiro atoms. The Labute approximate surface area is 124 Å². The van der Waals surface area contributed by atoms with Crippen LogP contribution in [-0.4, -0.2) is 46.7 Å². The zero-order valence-electron chi connectivity index (χ0n) is 12.7. The monoisotopic (exact) mass is 303 g/mol. The molecule has 6 heteroatoms. The molecular weight excluding hydrogens is 278 g/mol. The van der Waals surface area contributed by atoms with E-state index in [1.807, 2.05) is 27.7 Å². The molecule has 0 heterocycles. The van der Waals surface area contributed by atoms with Gasteiger partial charge in [-0.2, -0.15) is 11.8 Å². The Balaban J connectivity index is 2.71. The van der Waals surface area contributed by atoms with E-state index in [0.29, 0.717) is 18.8 Å². The molecule has 2 N–H and O–H groups in total. The molecule has 2 unspecified atom stereocenters. The van der Waals surface area contributed by atoms with Crippen LogP contribution in [0.25, 0.3) is 0 Å². The van der Waals surface area contributed by atoms with Crippen LogP contribution >= 0.6 is 11.8 Å². The number of nitrogens with one attached hydrogen (secondary N) is 1. The fourth-order valence-corrected chi connectivity index (χ4v) is 3.31. The van der Waals surface area contributed by atoms with Gasteiger partial charge in [0.05, 0.1) is 11.9 Å². The topological polar surface area (TPSA) is 75.6 Å². The van der Waals surface area contributed by atoms with E-state index >= 15 is 0 Å². The van der Waals surface area contributed by atoms with Crippen molar-refractivity contribution in [3.8, 4) is 0 Å². The van der Waals surface area contributed by atoms with Gasteiger partial charge in [0, 0.05) is 18.4 Å². The fourth-order valence-electron chi connectivity index (χ4n) is 2.62. The number of amides is 1. The zero-order valence-corrected chi connectivity index (χ0v) is 13.5. The summed E-state index contributed by atoms with van der Waals surface area (Å²) in [5.41, 5.74) is -1.82. The normalized spacial score (nSPS) is 27.7. The number of carboxylic acids is 1. The van der Waals surface area contributed by atoms with Crippen molar-refractivity contribution in [1.29, 1.82) is 0 Å². The van der Waals surface area contributed by atoms with E-state index in [1.165, 1.54) is 11.8 Å². The van der Waals surface area contributed by atoms with Gasteiger partial charge in [0.1, 0.15) is 5.54 Å². The van der Waals surface area contributed by atoms with Crippen molar-refractivity contribution >= 4 is 23.6 Å². The molecule has 1 amide bonds. The van der Waals surface area contributed by atoms with Crippen LogP contribution in [0.4, 0.5) is 0 Å². The van der Waals surface area contributed by atoms with Crippen molar-refractivity contribution in [3.63, 3.8) is 0 Å². The van der Waals surface area contributed by atoms with Gasteiger partial charge in [-0.05, 0) is 19.1 Å². The highest BCUT2D eigenvalue weighted by Crippen LogP contribution is 2.51. The summed E-state index contributed by atoms with van der Waals surface area (Å²) in [4.78, 5) is 23.6. The molecule has 1 fully saturated rings. The largest absolute Gasteiger partial charge is 0.479 e. The lowest BCUT2D eigenvalue weighted by Crippen LogP contribution is -2.76. The molecule has 1 aliphatic rings. The number of ether oxygens (including phenoxy) is 1. The fraction of sp³-hybridized carbons (Fsp3) is 0.857. The minimum absolute atomic E-state index is 0.132. The van der Waals surface area contributed by atoms with Crippen molar-refractivity contribution in [2.24, 2.45) is 5.41 Å². The Hall–Kier alpha value is -0.750. The van der Waals surface area contributed by atoms with Gasteiger partial charge in [0.15, 0.2) is 0 Å². The molecule has 20 heavy (non-hydrogen) atoms. The SMILES string of the molecule is CCCSCC(=O)NC1(C(=O)O)CC(OCC)C1(C)C. The average molecular weight is 303 g/mol. The van der Waals surface area contributed by atoms with Gasteiger partial charge in [0.25, 0.3) is 0 Å². The molecule has 2 atom stereocenters. The quantitative estimate of drug-likeness (QED) is 0.670. The van der Waals surface area contributed by atoms with Gasteiger partial charge in [0.2, 0.25) is 5.91 Å². The smallest absolute Gasteiger partial charge is 0.330 e. The van der Waals surface area contributed by atoms with Gasteiger partial charge in [-0.25, -0.2) is 4.79 Å². The predicted molar refractivity (Wildman–Crippen MR) is 79.9 cm³/mol. The Bertz CT molecular complexity index is 372. The minimum atomic E-state index is -1.21. The highest BCUT2D eigenvalue weighted by Gasteiger charge is 2.66. The number of hydrogen-bond acceptors (Lipinski definition) is 4. The van der Waals surface area contributed by atoms with E-state index in [1.54, 1.807) is 0 Å². The molecule has 1 saturated carbocycles. The third-order valence-corrected chi connectivity index (χ3v) is 5.23. The van der Waals surface area contributed by atoms with E-state index in [-0.39, 0.29) is 12.0 Å². The van der Waals surface area contributed by atoms with Crippen LogP contribution in [0.5, 0.6) is 0 Å². The van der Waals surface area contributed by atoms with Crippen LogP contribution < -0.4 is 5.32 Å². The van der Waals surface area contributed by atoms with Crippen LogP contribution in [0.3, 0.4) is 0 Å². The maximum Gasteiger partial charge on any atom is 0.330 e. The third kappa shape index (κ3) is 3.11. The predicted octanol–water partition coefficient (Wildman–Crippen LogP) is 1.90. The summed E-state index contributed by atoms with van der Waals surface area (Å²) in [5.74, 6) is 0.0117. The van der Waals surface area contributed by atoms with E-state index < -0.39 is 16.9 Å². The van der Waals surface area contributed by atoms with E-state index in [9.17, 15) is 14.7 Å². The molecule has 5 nitrogen and oxygen atoms in total. The maximum absolute atomic E-state index is 11.9. The number of thioether (sulfide) groups is 1. The van der Waals surface area contributed by atoms with E-state index in [4.69, 9.17) is 4.74 Å². The molecule has 0 bridgehead atoms. The van der Waals surface area contributed by atoms with Crippen molar-refractivity contribution in [1.82, 2.24) is 5.32 Å². The molecule has 0 radical (unpaired) electrons. The number of aliphatic carboxylic acids is 1. The first-order valence-corrected chi connectivity index (χ1v) is 8.21. The summed E-state index contributed by atoms with van der Waals surface area (Å²) in [6, 6.07) is 0. The second-order valence-corrected chi connectivity index (χ2v) is 6.79. The Morgan fingerprint density at radius 3 is 2.50 bits per heavy atom. The standard InChI is InChI=1S/C14H25NO4S/c1-5-7-20-9-11(16)15-14(12(17)18)8-10(19-6-2)13(14,3)4/h10H,5-9H2,1-4H3,(H,15,16)(H,17,18). The number of carboxylic acid groups (broad SMARTS) is 1. The van der Waals surface area contributed by atoms with Crippen LogP contribution in [-0.2, 0) is 14.3 Å². The third-order valence-electron chi connectivity index (χ3n) is 4.06. The Morgan fingerprint density at radius 2 is 2.05 bits per heavy atom. The van der Waals surface area contributed by atoms with Gasteiger partial charge in [-0.3, -0.25) is 4.79 Å². The number of carbonyl (C=O) groups excluding carboxylic acids is 1. The van der Waals surface area contributed by atoms with Crippen LogP contribution in [0.15, 0.2) is 0 Å². The summed E-state index contributed by atoms with van der Waals surface area (Å²) in [7, 11) is 0. The summed E-state index contributed by atoms with van der Waals surface area (Å²) < 4.78 is 5.56. The summed E-state index contributed by atoms with van der Waals surface area (Å²) >= 11 is 1.52. The van der Waals surface area contributed by atoms with Gasteiger partial charge in [-0.1, -0.05) is 20.8 Å². The van der Waals surface area contributed by atoms with Crippen LogP contribution in [0.2, 0.25) is 0 Å². The molecule has 0 aromatic heterocycles. The first-order chi connectivity index (χ1) is 9.31. The second-order valence-electron chi connectivity index (χ2n) is 5.68. The van der Waals surface area contributed by atoms with Crippen molar-refractivity contribution in [3.05, 3.63) is 0 Å². The van der Waals surface area contributed by atoms with Crippen LogP contribution in [0.1, 0.15) is 40.5 Å². The lowest BCUT2D eigenvalue weighted by Gasteiger charge is -2.58. The molecule has 1 rings (SSSR count). The van der Waals surface area contributed by atoms with Crippen molar-refractivity contribution in [2.45, 2.75) is 52.2 Å². The molecule has 0 aliphatic heterocycles. The highest BCUT2D eigenvalue weighted by molar-refractivity contribution is 7.99. The first kappa shape index (κ1) is 17.3. The Kier molecular flexibility index (Phi) is 5.89. The van der Waals surface area contributed by atoms with Gasteiger partial charge >= 0.3 is 5.97 Å². The molecule has 1 aliphatic carbocycles. The summed E-state index contributed by atoms with van der Waals surface area (Å²) in [6.07, 6.45) is 1.19. The van der Waals surface area contributed by atoms with Gasteiger partial charge in [-0.15, -0.1) is 0 Å². The molecular formula is C14H25NO4S. The molecule has 0 aromatic rings. The summed E-state index contributed by atoms with van der Waals surface area (Å²) in [6.45, 7) is 8.15. The zero-order chi connectivity index (χ0) is 15.4. The lowest BCUT2D eigenvalue weighted by molar-refractivity contribution is -0.194. The second kappa shape index (κ2) is 6.80. The molecule has 116 valence electrons. The number of rotatable bonds is 8. The lowest BCUT2D eigenvalue weighted by atomic mass is 9.54. The highest BCUT2D eigenvalue weighted by atomic mass is 32.2.